The van der Waals surface area contributed by atoms with Crippen LogP contribution in [0.1, 0.15) is 24.0 Å². The summed E-state index contributed by atoms with van der Waals surface area (Å²) in [6, 6.07) is 8.45. The number of sulfonamides is 1. The summed E-state index contributed by atoms with van der Waals surface area (Å²) in [5.74, 6) is 0.0667. The van der Waals surface area contributed by atoms with Crippen molar-refractivity contribution in [3.05, 3.63) is 35.4 Å². The predicted molar refractivity (Wildman–Crippen MR) is 72.6 cm³/mol. The van der Waals surface area contributed by atoms with E-state index in [1.807, 2.05) is 24.3 Å². The van der Waals surface area contributed by atoms with E-state index in [-0.39, 0.29) is 5.75 Å². The molecule has 0 saturated heterocycles. The summed E-state index contributed by atoms with van der Waals surface area (Å²) in [6.45, 7) is 0.820. The molecule has 0 unspecified atom stereocenters. The Kier molecular flexibility index (Phi) is 4.04. The maximum atomic E-state index is 11.8. The molecule has 0 heterocycles. The smallest absolute Gasteiger partial charge is 0.217 e. The van der Waals surface area contributed by atoms with Crippen LogP contribution < -0.4 is 5.32 Å². The molecular formula is C13H20N2O2S. The van der Waals surface area contributed by atoms with Crippen LogP contribution >= 0.6 is 0 Å². The maximum absolute atomic E-state index is 11.8. The molecule has 4 nitrogen and oxygen atoms in total. The number of rotatable bonds is 6. The Labute approximate surface area is 109 Å². The highest BCUT2D eigenvalue weighted by Crippen LogP contribution is 2.19. The van der Waals surface area contributed by atoms with Gasteiger partial charge in [-0.05, 0) is 24.0 Å². The van der Waals surface area contributed by atoms with Gasteiger partial charge in [0.15, 0.2) is 0 Å². The molecule has 1 aromatic rings. The molecule has 1 aliphatic carbocycles. The second-order valence-electron chi connectivity index (χ2n) is 5.01. The van der Waals surface area contributed by atoms with E-state index >= 15 is 0 Å². The minimum atomic E-state index is -3.17. The van der Waals surface area contributed by atoms with E-state index in [9.17, 15) is 8.42 Å². The summed E-state index contributed by atoms with van der Waals surface area (Å²) >= 11 is 0. The predicted octanol–water partition coefficient (Wildman–Crippen LogP) is 1.33. The SMILES string of the molecule is CN(C)S(=O)(=O)Cc1cccc(CNC2CC2)c1. The van der Waals surface area contributed by atoms with Crippen molar-refractivity contribution in [1.82, 2.24) is 9.62 Å². The summed E-state index contributed by atoms with van der Waals surface area (Å²) in [6.07, 6.45) is 2.52. The minimum absolute atomic E-state index is 0.0667. The van der Waals surface area contributed by atoms with E-state index in [2.05, 4.69) is 5.32 Å². The maximum Gasteiger partial charge on any atom is 0.217 e. The number of nitrogens with one attached hydrogen (secondary N) is 1. The van der Waals surface area contributed by atoms with Crippen LogP contribution in [0.2, 0.25) is 0 Å². The first kappa shape index (κ1) is 13.5. The molecule has 0 radical (unpaired) electrons. The van der Waals surface area contributed by atoms with Gasteiger partial charge in [-0.15, -0.1) is 0 Å². The van der Waals surface area contributed by atoms with E-state index in [1.54, 1.807) is 14.1 Å². The minimum Gasteiger partial charge on any atom is -0.310 e. The molecule has 0 amide bonds. The first-order valence-corrected chi connectivity index (χ1v) is 7.80. The van der Waals surface area contributed by atoms with Crippen molar-refractivity contribution in [3.8, 4) is 0 Å². The lowest BCUT2D eigenvalue weighted by molar-refractivity contribution is 0.519. The summed E-state index contributed by atoms with van der Waals surface area (Å²) in [5.41, 5.74) is 1.99. The monoisotopic (exact) mass is 268 g/mol. The van der Waals surface area contributed by atoms with Crippen LogP contribution in [0.3, 0.4) is 0 Å². The molecule has 0 aromatic heterocycles. The summed E-state index contributed by atoms with van der Waals surface area (Å²) < 4.78 is 24.9. The van der Waals surface area contributed by atoms with Crippen molar-refractivity contribution >= 4 is 10.0 Å². The number of nitrogens with zero attached hydrogens (tertiary/aromatic N) is 1. The van der Waals surface area contributed by atoms with Gasteiger partial charge in [-0.2, -0.15) is 0 Å². The van der Waals surface area contributed by atoms with E-state index in [4.69, 9.17) is 0 Å². The van der Waals surface area contributed by atoms with Gasteiger partial charge in [-0.1, -0.05) is 24.3 Å². The zero-order chi connectivity index (χ0) is 13.2. The lowest BCUT2D eigenvalue weighted by Gasteiger charge is -2.12. The highest BCUT2D eigenvalue weighted by molar-refractivity contribution is 7.88. The molecule has 0 bridgehead atoms. The van der Waals surface area contributed by atoms with Crippen LogP contribution in [-0.2, 0) is 22.3 Å². The molecule has 100 valence electrons. The van der Waals surface area contributed by atoms with Gasteiger partial charge in [0.1, 0.15) is 0 Å². The van der Waals surface area contributed by atoms with Crippen LogP contribution in [0, 0.1) is 0 Å². The standard InChI is InChI=1S/C13H20N2O2S/c1-15(2)18(16,17)10-12-5-3-4-11(8-12)9-14-13-6-7-13/h3-5,8,13-14H,6-7,9-10H2,1-2H3. The van der Waals surface area contributed by atoms with Crippen molar-refractivity contribution in [2.75, 3.05) is 14.1 Å². The topological polar surface area (TPSA) is 49.4 Å². The Morgan fingerprint density at radius 1 is 1.28 bits per heavy atom. The second-order valence-corrected chi connectivity index (χ2v) is 7.20. The van der Waals surface area contributed by atoms with Crippen LogP contribution in [0.4, 0.5) is 0 Å². The van der Waals surface area contributed by atoms with Gasteiger partial charge in [-0.25, -0.2) is 12.7 Å². The fraction of sp³-hybridized carbons (Fsp3) is 0.538. The van der Waals surface area contributed by atoms with E-state index < -0.39 is 10.0 Å². The van der Waals surface area contributed by atoms with Crippen molar-refractivity contribution in [1.29, 1.82) is 0 Å². The van der Waals surface area contributed by atoms with Crippen LogP contribution in [-0.4, -0.2) is 32.9 Å². The average Bonchev–Trinajstić information content (AvgIpc) is 3.10. The number of benzene rings is 1. The zero-order valence-electron chi connectivity index (χ0n) is 10.9. The lowest BCUT2D eigenvalue weighted by atomic mass is 10.1. The van der Waals surface area contributed by atoms with Crippen molar-refractivity contribution < 1.29 is 8.42 Å². The molecule has 1 aromatic carbocycles. The zero-order valence-corrected chi connectivity index (χ0v) is 11.7. The Balaban J connectivity index is 2.02. The van der Waals surface area contributed by atoms with Crippen LogP contribution in [0.25, 0.3) is 0 Å². The molecule has 0 atom stereocenters. The second kappa shape index (κ2) is 5.38. The Morgan fingerprint density at radius 2 is 1.94 bits per heavy atom. The molecule has 1 N–H and O–H groups in total. The van der Waals surface area contributed by atoms with E-state index in [0.29, 0.717) is 6.04 Å². The molecule has 5 heteroatoms. The third kappa shape index (κ3) is 3.80. The highest BCUT2D eigenvalue weighted by Gasteiger charge is 2.20. The van der Waals surface area contributed by atoms with Gasteiger partial charge in [0.2, 0.25) is 10.0 Å². The first-order chi connectivity index (χ1) is 8.47. The lowest BCUT2D eigenvalue weighted by Crippen LogP contribution is -2.23. The fourth-order valence-electron chi connectivity index (χ4n) is 1.72. The quantitative estimate of drug-likeness (QED) is 0.847. The van der Waals surface area contributed by atoms with Gasteiger partial charge in [-0.3, -0.25) is 0 Å². The molecule has 18 heavy (non-hydrogen) atoms. The largest absolute Gasteiger partial charge is 0.310 e. The molecule has 1 saturated carbocycles. The third-order valence-electron chi connectivity index (χ3n) is 3.07. The summed E-state index contributed by atoms with van der Waals surface area (Å²) in [4.78, 5) is 0. The van der Waals surface area contributed by atoms with Gasteiger partial charge >= 0.3 is 0 Å². The number of hydrogen-bond donors (Lipinski definition) is 1. The molecule has 1 fully saturated rings. The van der Waals surface area contributed by atoms with Gasteiger partial charge in [0, 0.05) is 26.7 Å². The fourth-order valence-corrected chi connectivity index (χ4v) is 2.58. The van der Waals surface area contributed by atoms with Crippen LogP contribution in [0.15, 0.2) is 24.3 Å². The highest BCUT2D eigenvalue weighted by atomic mass is 32.2. The third-order valence-corrected chi connectivity index (χ3v) is 4.88. The molecule has 2 rings (SSSR count). The van der Waals surface area contributed by atoms with E-state index in [0.717, 1.165) is 17.7 Å². The average molecular weight is 268 g/mol. The van der Waals surface area contributed by atoms with Gasteiger partial charge in [0.25, 0.3) is 0 Å². The normalized spacial score (nSPS) is 16.2. The summed E-state index contributed by atoms with van der Waals surface area (Å²) in [5, 5.41) is 3.43. The van der Waals surface area contributed by atoms with Crippen molar-refractivity contribution in [3.63, 3.8) is 0 Å². The molecule has 0 spiro atoms. The van der Waals surface area contributed by atoms with Crippen molar-refractivity contribution in [2.45, 2.75) is 31.2 Å². The first-order valence-electron chi connectivity index (χ1n) is 6.19. The Morgan fingerprint density at radius 3 is 2.56 bits per heavy atom. The summed E-state index contributed by atoms with van der Waals surface area (Å²) in [7, 11) is -0.0474. The molecule has 0 aliphatic heterocycles. The van der Waals surface area contributed by atoms with E-state index in [1.165, 1.54) is 17.1 Å². The van der Waals surface area contributed by atoms with Crippen molar-refractivity contribution in [2.24, 2.45) is 0 Å². The number of hydrogen-bond acceptors (Lipinski definition) is 3. The Hall–Kier alpha value is -0.910. The van der Waals surface area contributed by atoms with Crippen LogP contribution in [0.5, 0.6) is 0 Å². The van der Waals surface area contributed by atoms with Gasteiger partial charge in [0.05, 0.1) is 5.75 Å². The molecule has 1 aliphatic rings. The Bertz CT molecular complexity index is 507. The molecular weight excluding hydrogens is 248 g/mol. The van der Waals surface area contributed by atoms with Gasteiger partial charge < -0.3 is 5.32 Å².